The van der Waals surface area contributed by atoms with Crippen LogP contribution in [-0.4, -0.2) is 32.3 Å². The third-order valence-electron chi connectivity index (χ3n) is 3.79. The lowest BCUT2D eigenvalue weighted by Crippen LogP contribution is -2.44. The van der Waals surface area contributed by atoms with Crippen LogP contribution in [0.15, 0.2) is 23.1 Å². The zero-order valence-corrected chi connectivity index (χ0v) is 13.3. The van der Waals surface area contributed by atoms with Gasteiger partial charge in [0.25, 0.3) is 0 Å². The maximum atomic E-state index is 12.4. The van der Waals surface area contributed by atoms with Crippen molar-refractivity contribution in [2.24, 2.45) is 0 Å². The highest BCUT2D eigenvalue weighted by atomic mass is 32.2. The highest BCUT2D eigenvalue weighted by Gasteiger charge is 2.28. The van der Waals surface area contributed by atoms with Crippen molar-refractivity contribution in [1.29, 1.82) is 0 Å². The molecule has 2 unspecified atom stereocenters. The van der Waals surface area contributed by atoms with E-state index in [1.165, 1.54) is 6.07 Å². The molecule has 2 atom stereocenters. The molecule has 1 saturated carbocycles. The number of aliphatic hydroxyl groups excluding tert-OH is 1. The van der Waals surface area contributed by atoms with E-state index in [1.54, 1.807) is 12.1 Å². The van der Waals surface area contributed by atoms with Crippen LogP contribution in [0.3, 0.4) is 0 Å². The monoisotopic (exact) mass is 313 g/mol. The Morgan fingerprint density at radius 2 is 2.05 bits per heavy atom. The molecule has 0 saturated heterocycles. The van der Waals surface area contributed by atoms with Crippen molar-refractivity contribution in [3.63, 3.8) is 0 Å². The standard InChI is InChI=1S/C15H23NO4S/c1-3-20-15-9-8-12(10-11(15)2)21(18,19)16-13-6-4-5-7-14(13)17/h8-10,13-14,16-17H,3-7H2,1-2H3. The third kappa shape index (κ3) is 3.96. The number of hydrogen-bond acceptors (Lipinski definition) is 4. The van der Waals surface area contributed by atoms with Crippen molar-refractivity contribution in [3.05, 3.63) is 23.8 Å². The maximum Gasteiger partial charge on any atom is 0.240 e. The largest absolute Gasteiger partial charge is 0.494 e. The zero-order valence-electron chi connectivity index (χ0n) is 12.5. The number of sulfonamides is 1. The fourth-order valence-corrected chi connectivity index (χ4v) is 4.01. The number of aryl methyl sites for hydroxylation is 1. The molecule has 2 rings (SSSR count). The minimum atomic E-state index is -3.61. The van der Waals surface area contributed by atoms with Crippen molar-refractivity contribution >= 4 is 10.0 Å². The summed E-state index contributed by atoms with van der Waals surface area (Å²) >= 11 is 0. The summed E-state index contributed by atoms with van der Waals surface area (Å²) in [7, 11) is -3.61. The molecule has 0 aliphatic heterocycles. The van der Waals surface area contributed by atoms with E-state index in [4.69, 9.17) is 4.74 Å². The van der Waals surface area contributed by atoms with Gasteiger partial charge in [0, 0.05) is 6.04 Å². The third-order valence-corrected chi connectivity index (χ3v) is 5.28. The molecule has 6 heteroatoms. The Labute approximate surface area is 126 Å². The van der Waals surface area contributed by atoms with Crippen LogP contribution < -0.4 is 9.46 Å². The molecule has 1 aromatic carbocycles. The van der Waals surface area contributed by atoms with Crippen molar-refractivity contribution in [2.45, 2.75) is 56.6 Å². The fraction of sp³-hybridized carbons (Fsp3) is 0.600. The quantitative estimate of drug-likeness (QED) is 0.871. The van der Waals surface area contributed by atoms with Gasteiger partial charge >= 0.3 is 0 Å². The molecule has 1 aromatic rings. The van der Waals surface area contributed by atoms with E-state index < -0.39 is 22.2 Å². The van der Waals surface area contributed by atoms with Gasteiger partial charge in [-0.25, -0.2) is 13.1 Å². The van der Waals surface area contributed by atoms with Crippen LogP contribution in [0.4, 0.5) is 0 Å². The van der Waals surface area contributed by atoms with Crippen molar-refractivity contribution in [2.75, 3.05) is 6.61 Å². The van der Waals surface area contributed by atoms with Crippen molar-refractivity contribution < 1.29 is 18.3 Å². The van der Waals surface area contributed by atoms with Gasteiger partial charge in [-0.15, -0.1) is 0 Å². The highest BCUT2D eigenvalue weighted by Crippen LogP contribution is 2.24. The molecular formula is C15H23NO4S. The van der Waals surface area contributed by atoms with Gasteiger partial charge in [-0.1, -0.05) is 12.8 Å². The Kier molecular flexibility index (Phi) is 5.24. The number of benzene rings is 1. The normalized spacial score (nSPS) is 23.0. The smallest absolute Gasteiger partial charge is 0.240 e. The number of rotatable bonds is 5. The van der Waals surface area contributed by atoms with E-state index in [9.17, 15) is 13.5 Å². The molecule has 1 fully saturated rings. The summed E-state index contributed by atoms with van der Waals surface area (Å²) in [5.41, 5.74) is 0.781. The lowest BCUT2D eigenvalue weighted by atomic mass is 9.93. The average molecular weight is 313 g/mol. The lowest BCUT2D eigenvalue weighted by molar-refractivity contribution is 0.101. The van der Waals surface area contributed by atoms with Gasteiger partial charge in [0.2, 0.25) is 10.0 Å². The topological polar surface area (TPSA) is 75.6 Å². The summed E-state index contributed by atoms with van der Waals surface area (Å²) < 4.78 is 32.8. The predicted octanol–water partition coefficient (Wildman–Crippen LogP) is 1.98. The summed E-state index contributed by atoms with van der Waals surface area (Å²) in [5.74, 6) is 0.689. The summed E-state index contributed by atoms with van der Waals surface area (Å²) in [6.45, 7) is 4.25. The van der Waals surface area contributed by atoms with Gasteiger partial charge in [-0.2, -0.15) is 0 Å². The molecular weight excluding hydrogens is 290 g/mol. The van der Waals surface area contributed by atoms with Gasteiger partial charge in [0.1, 0.15) is 5.75 Å². The summed E-state index contributed by atoms with van der Waals surface area (Å²) in [5, 5.41) is 9.90. The molecule has 118 valence electrons. The SMILES string of the molecule is CCOc1ccc(S(=O)(=O)NC2CCCCC2O)cc1C. The Bertz CT molecular complexity index is 585. The van der Waals surface area contributed by atoms with E-state index in [-0.39, 0.29) is 4.90 Å². The predicted molar refractivity (Wildman–Crippen MR) is 80.9 cm³/mol. The second-order valence-corrected chi connectivity index (χ2v) is 7.15. The lowest BCUT2D eigenvalue weighted by Gasteiger charge is -2.28. The van der Waals surface area contributed by atoms with Gasteiger partial charge in [-0.05, 0) is 50.5 Å². The molecule has 0 spiro atoms. The van der Waals surface area contributed by atoms with E-state index in [0.717, 1.165) is 18.4 Å². The molecule has 0 radical (unpaired) electrons. The minimum Gasteiger partial charge on any atom is -0.494 e. The van der Waals surface area contributed by atoms with Crippen LogP contribution in [0.25, 0.3) is 0 Å². The second-order valence-electron chi connectivity index (χ2n) is 5.44. The molecule has 1 aliphatic carbocycles. The van der Waals surface area contributed by atoms with E-state index in [1.807, 2.05) is 13.8 Å². The first-order valence-corrected chi connectivity index (χ1v) is 8.86. The van der Waals surface area contributed by atoms with Crippen LogP contribution in [0, 0.1) is 6.92 Å². The molecule has 0 aromatic heterocycles. The maximum absolute atomic E-state index is 12.4. The number of ether oxygens (including phenoxy) is 1. The first kappa shape index (κ1) is 16.3. The summed E-state index contributed by atoms with van der Waals surface area (Å²) in [6, 6.07) is 4.42. The Morgan fingerprint density at radius 3 is 2.67 bits per heavy atom. The fourth-order valence-electron chi connectivity index (χ4n) is 2.62. The number of hydrogen-bond donors (Lipinski definition) is 2. The van der Waals surface area contributed by atoms with Crippen LogP contribution in [0.5, 0.6) is 5.75 Å². The van der Waals surface area contributed by atoms with Crippen LogP contribution in [0.2, 0.25) is 0 Å². The van der Waals surface area contributed by atoms with Crippen LogP contribution >= 0.6 is 0 Å². The first-order valence-electron chi connectivity index (χ1n) is 7.38. The molecule has 2 N–H and O–H groups in total. The summed E-state index contributed by atoms with van der Waals surface area (Å²) in [4.78, 5) is 0.209. The van der Waals surface area contributed by atoms with E-state index in [0.29, 0.717) is 25.2 Å². The Morgan fingerprint density at radius 1 is 1.33 bits per heavy atom. The number of nitrogens with one attached hydrogen (secondary N) is 1. The summed E-state index contributed by atoms with van der Waals surface area (Å²) in [6.07, 6.45) is 2.61. The van der Waals surface area contributed by atoms with Crippen molar-refractivity contribution in [3.8, 4) is 5.75 Å². The van der Waals surface area contributed by atoms with Crippen molar-refractivity contribution in [1.82, 2.24) is 4.72 Å². The molecule has 21 heavy (non-hydrogen) atoms. The number of aliphatic hydroxyl groups is 1. The average Bonchev–Trinajstić information content (AvgIpc) is 2.43. The molecule has 1 aliphatic rings. The molecule has 5 nitrogen and oxygen atoms in total. The Balaban J connectivity index is 2.17. The second kappa shape index (κ2) is 6.77. The zero-order chi connectivity index (χ0) is 15.5. The highest BCUT2D eigenvalue weighted by molar-refractivity contribution is 7.89. The Hall–Kier alpha value is -1.11. The van der Waals surface area contributed by atoms with Gasteiger partial charge in [0.15, 0.2) is 0 Å². The van der Waals surface area contributed by atoms with Gasteiger partial charge in [0.05, 0.1) is 17.6 Å². The molecule has 0 heterocycles. The first-order chi connectivity index (χ1) is 9.94. The van der Waals surface area contributed by atoms with E-state index in [2.05, 4.69) is 4.72 Å². The molecule has 0 bridgehead atoms. The van der Waals surface area contributed by atoms with Gasteiger partial charge in [-0.3, -0.25) is 0 Å². The minimum absolute atomic E-state index is 0.209. The molecule has 0 amide bonds. The van der Waals surface area contributed by atoms with Gasteiger partial charge < -0.3 is 9.84 Å². The van der Waals surface area contributed by atoms with Crippen LogP contribution in [-0.2, 0) is 10.0 Å². The van der Waals surface area contributed by atoms with E-state index >= 15 is 0 Å². The van der Waals surface area contributed by atoms with Crippen LogP contribution in [0.1, 0.15) is 38.2 Å².